The number of esters is 1. The Morgan fingerprint density at radius 2 is 1.81 bits per heavy atom. The van der Waals surface area contributed by atoms with Crippen molar-refractivity contribution >= 4 is 41.3 Å². The molecule has 0 radical (unpaired) electrons. The summed E-state index contributed by atoms with van der Waals surface area (Å²) in [6, 6.07) is 11.5. The van der Waals surface area contributed by atoms with Gasteiger partial charge in [0.2, 0.25) is 0 Å². The van der Waals surface area contributed by atoms with E-state index in [1.807, 2.05) is 0 Å². The molecule has 0 aliphatic carbocycles. The topological polar surface area (TPSA) is 86.2 Å². The van der Waals surface area contributed by atoms with E-state index in [0.717, 1.165) is 5.56 Å². The van der Waals surface area contributed by atoms with E-state index in [1.54, 1.807) is 36.4 Å². The zero-order chi connectivity index (χ0) is 19.6. The van der Waals surface area contributed by atoms with Crippen LogP contribution in [0.2, 0.25) is 10.0 Å². The molecule has 1 N–H and O–H groups in total. The van der Waals surface area contributed by atoms with Gasteiger partial charge in [0, 0.05) is 5.02 Å². The van der Waals surface area contributed by atoms with Crippen molar-refractivity contribution in [3.05, 3.63) is 58.1 Å². The van der Waals surface area contributed by atoms with E-state index in [9.17, 15) is 9.59 Å². The molecule has 0 spiro atoms. The molecular weight excluding hydrogens is 395 g/mol. The van der Waals surface area contributed by atoms with E-state index in [4.69, 9.17) is 32.7 Å². The molecule has 0 atom stereocenters. The van der Waals surface area contributed by atoms with E-state index >= 15 is 0 Å². The van der Waals surface area contributed by atoms with Gasteiger partial charge in [-0.05, 0) is 48.0 Å². The summed E-state index contributed by atoms with van der Waals surface area (Å²) < 4.78 is 15.0. The maximum atomic E-state index is 11.7. The highest BCUT2D eigenvalue weighted by molar-refractivity contribution is 6.35. The number of benzene rings is 2. The molecule has 0 heterocycles. The van der Waals surface area contributed by atoms with Gasteiger partial charge in [0.05, 0.1) is 18.3 Å². The van der Waals surface area contributed by atoms with Crippen molar-refractivity contribution < 1.29 is 23.8 Å². The summed E-state index contributed by atoms with van der Waals surface area (Å²) >= 11 is 11.7. The molecule has 27 heavy (non-hydrogen) atoms. The lowest BCUT2D eigenvalue weighted by molar-refractivity contribution is -0.142. The van der Waals surface area contributed by atoms with Crippen molar-refractivity contribution in [2.45, 2.75) is 0 Å². The molecule has 0 fully saturated rings. The minimum Gasteiger partial charge on any atom is -0.482 e. The predicted molar refractivity (Wildman–Crippen MR) is 102 cm³/mol. The largest absolute Gasteiger partial charge is 0.482 e. The summed E-state index contributed by atoms with van der Waals surface area (Å²) in [4.78, 5) is 22.7. The van der Waals surface area contributed by atoms with E-state index in [-0.39, 0.29) is 13.2 Å². The highest BCUT2D eigenvalue weighted by Gasteiger charge is 2.06. The Morgan fingerprint density at radius 1 is 1.07 bits per heavy atom. The highest BCUT2D eigenvalue weighted by Crippen LogP contribution is 2.27. The molecule has 142 valence electrons. The summed E-state index contributed by atoms with van der Waals surface area (Å²) in [5.41, 5.74) is 3.06. The van der Waals surface area contributed by atoms with Crippen LogP contribution < -0.4 is 14.9 Å². The Labute approximate surface area is 165 Å². The first-order chi connectivity index (χ1) is 13.0. The predicted octanol–water partition coefficient (Wildman–Crippen LogP) is 3.07. The summed E-state index contributed by atoms with van der Waals surface area (Å²) in [6.07, 6.45) is 1.46. The van der Waals surface area contributed by atoms with Gasteiger partial charge in [-0.3, -0.25) is 4.79 Å². The van der Waals surface area contributed by atoms with Gasteiger partial charge in [0.15, 0.2) is 13.2 Å². The molecule has 0 bridgehead atoms. The number of carbonyl (C=O) groups is 2. The number of hydrogen-bond acceptors (Lipinski definition) is 6. The van der Waals surface area contributed by atoms with Crippen LogP contribution in [0.4, 0.5) is 0 Å². The number of hydrogen-bond donors (Lipinski definition) is 1. The van der Waals surface area contributed by atoms with Crippen LogP contribution in [-0.2, 0) is 14.3 Å². The first-order valence-corrected chi connectivity index (χ1v) is 8.43. The Bertz CT molecular complexity index is 825. The molecule has 9 heteroatoms. The molecule has 2 aromatic carbocycles. The van der Waals surface area contributed by atoms with Gasteiger partial charge >= 0.3 is 5.97 Å². The number of nitrogens with one attached hydrogen (secondary N) is 1. The highest BCUT2D eigenvalue weighted by atomic mass is 35.5. The minimum absolute atomic E-state index is 0.169. The number of amides is 1. The maximum absolute atomic E-state index is 11.7. The molecule has 0 saturated carbocycles. The van der Waals surface area contributed by atoms with Crippen molar-refractivity contribution in [1.82, 2.24) is 5.43 Å². The van der Waals surface area contributed by atoms with Gasteiger partial charge in [-0.25, -0.2) is 10.2 Å². The number of hydrazone groups is 1. The molecule has 2 aromatic rings. The van der Waals surface area contributed by atoms with Crippen LogP contribution in [0.5, 0.6) is 11.5 Å². The monoisotopic (exact) mass is 410 g/mol. The number of ether oxygens (including phenoxy) is 3. The van der Waals surface area contributed by atoms with Crippen LogP contribution in [0.1, 0.15) is 5.56 Å². The normalized spacial score (nSPS) is 10.5. The lowest BCUT2D eigenvalue weighted by Crippen LogP contribution is -2.24. The van der Waals surface area contributed by atoms with Crippen molar-refractivity contribution in [1.29, 1.82) is 0 Å². The Morgan fingerprint density at radius 3 is 2.48 bits per heavy atom. The number of rotatable bonds is 8. The molecular formula is C18H16Cl2N2O5. The standard InChI is InChI=1S/C18H16Cl2N2O5/c1-25-18(24)11-26-14-5-2-12(3-6-14)9-21-22-17(23)10-27-16-7-4-13(19)8-15(16)20/h2-9H,10-11H2,1H3,(H,22,23). The Kier molecular flexibility index (Phi) is 7.91. The Hall–Kier alpha value is -2.77. The fourth-order valence-corrected chi connectivity index (χ4v) is 2.26. The summed E-state index contributed by atoms with van der Waals surface area (Å²) in [6.45, 7) is -0.420. The maximum Gasteiger partial charge on any atom is 0.343 e. The minimum atomic E-state index is -0.467. The van der Waals surface area contributed by atoms with Crippen LogP contribution >= 0.6 is 23.2 Å². The van der Waals surface area contributed by atoms with Crippen molar-refractivity contribution in [2.24, 2.45) is 5.10 Å². The lowest BCUT2D eigenvalue weighted by atomic mass is 10.2. The average molecular weight is 411 g/mol. The van der Waals surface area contributed by atoms with E-state index < -0.39 is 11.9 Å². The van der Waals surface area contributed by atoms with Gasteiger partial charge < -0.3 is 14.2 Å². The zero-order valence-electron chi connectivity index (χ0n) is 14.3. The molecule has 0 aliphatic rings. The number of nitrogens with zero attached hydrogens (tertiary/aromatic N) is 1. The van der Waals surface area contributed by atoms with Gasteiger partial charge in [0.25, 0.3) is 5.91 Å². The SMILES string of the molecule is COC(=O)COc1ccc(C=NNC(=O)COc2ccc(Cl)cc2Cl)cc1. The van der Waals surface area contributed by atoms with Crippen molar-refractivity contribution in [2.75, 3.05) is 20.3 Å². The van der Waals surface area contributed by atoms with E-state index in [2.05, 4.69) is 15.3 Å². The van der Waals surface area contributed by atoms with Crippen molar-refractivity contribution in [3.8, 4) is 11.5 Å². The van der Waals surface area contributed by atoms with Gasteiger partial charge in [-0.2, -0.15) is 5.10 Å². The first-order valence-electron chi connectivity index (χ1n) is 7.67. The lowest BCUT2D eigenvalue weighted by Gasteiger charge is -2.07. The van der Waals surface area contributed by atoms with Crippen molar-refractivity contribution in [3.63, 3.8) is 0 Å². The first kappa shape index (κ1) is 20.5. The zero-order valence-corrected chi connectivity index (χ0v) is 15.8. The summed E-state index contributed by atoms with van der Waals surface area (Å²) in [5, 5.41) is 4.62. The second-order valence-electron chi connectivity index (χ2n) is 5.09. The second-order valence-corrected chi connectivity index (χ2v) is 5.93. The third-order valence-corrected chi connectivity index (χ3v) is 3.65. The van der Waals surface area contributed by atoms with Crippen LogP contribution in [0.15, 0.2) is 47.6 Å². The average Bonchev–Trinajstić information content (AvgIpc) is 2.66. The van der Waals surface area contributed by atoms with Gasteiger partial charge in [-0.15, -0.1) is 0 Å². The fraction of sp³-hybridized carbons (Fsp3) is 0.167. The number of carbonyl (C=O) groups excluding carboxylic acids is 2. The molecule has 0 aromatic heterocycles. The smallest absolute Gasteiger partial charge is 0.343 e. The second kappa shape index (κ2) is 10.4. The molecule has 0 saturated heterocycles. The van der Waals surface area contributed by atoms with E-state index in [1.165, 1.54) is 19.4 Å². The van der Waals surface area contributed by atoms with Crippen LogP contribution in [0.25, 0.3) is 0 Å². The fourth-order valence-electron chi connectivity index (χ4n) is 1.80. The molecule has 1 amide bonds. The number of halogens is 2. The van der Waals surface area contributed by atoms with Gasteiger partial charge in [0.1, 0.15) is 11.5 Å². The molecule has 2 rings (SSSR count). The summed E-state index contributed by atoms with van der Waals surface area (Å²) in [7, 11) is 1.29. The van der Waals surface area contributed by atoms with Crippen LogP contribution in [-0.4, -0.2) is 38.4 Å². The third-order valence-electron chi connectivity index (χ3n) is 3.12. The molecule has 0 aliphatic heterocycles. The summed E-state index contributed by atoms with van der Waals surface area (Å²) in [5.74, 6) is -0.0571. The molecule has 0 unspecified atom stereocenters. The number of methoxy groups -OCH3 is 1. The van der Waals surface area contributed by atoms with Crippen LogP contribution in [0, 0.1) is 0 Å². The van der Waals surface area contributed by atoms with Crippen LogP contribution in [0.3, 0.4) is 0 Å². The molecule has 7 nitrogen and oxygen atoms in total. The quantitative estimate of drug-likeness (QED) is 0.410. The third kappa shape index (κ3) is 7.16. The van der Waals surface area contributed by atoms with Gasteiger partial charge in [-0.1, -0.05) is 23.2 Å². The Balaban J connectivity index is 1.77. The van der Waals surface area contributed by atoms with E-state index in [0.29, 0.717) is 21.5 Å².